The van der Waals surface area contributed by atoms with Gasteiger partial charge in [-0.3, -0.25) is 4.79 Å². The van der Waals surface area contributed by atoms with Crippen LogP contribution in [-0.2, 0) is 22.5 Å². The number of hydrogen-bond acceptors (Lipinski definition) is 4. The zero-order valence-corrected chi connectivity index (χ0v) is 13.6. The molecular weight excluding hydrogens is 290 g/mol. The van der Waals surface area contributed by atoms with Crippen molar-refractivity contribution in [1.29, 1.82) is 0 Å². The monoisotopic (exact) mass is 313 g/mol. The number of esters is 1. The molecule has 122 valence electrons. The summed E-state index contributed by atoms with van der Waals surface area (Å²) >= 11 is 0. The van der Waals surface area contributed by atoms with Crippen LogP contribution >= 0.6 is 0 Å². The number of hydrogen-bond donors (Lipinski definition) is 1. The highest BCUT2D eigenvalue weighted by molar-refractivity contribution is 5.70. The van der Waals surface area contributed by atoms with E-state index < -0.39 is 0 Å². The van der Waals surface area contributed by atoms with Crippen molar-refractivity contribution in [3.05, 3.63) is 65.7 Å². The van der Waals surface area contributed by atoms with E-state index in [9.17, 15) is 4.79 Å². The van der Waals surface area contributed by atoms with Gasteiger partial charge in [-0.25, -0.2) is 0 Å². The van der Waals surface area contributed by atoms with Crippen molar-refractivity contribution in [2.75, 3.05) is 14.2 Å². The number of carbonyl (C=O) groups is 1. The Kier molecular flexibility index (Phi) is 6.63. The molecule has 0 aliphatic heterocycles. The summed E-state index contributed by atoms with van der Waals surface area (Å²) in [6, 6.07) is 18.0. The average Bonchev–Trinajstić information content (AvgIpc) is 2.60. The molecule has 0 heterocycles. The van der Waals surface area contributed by atoms with E-state index in [1.165, 1.54) is 12.7 Å². The van der Waals surface area contributed by atoms with Gasteiger partial charge in [0.25, 0.3) is 0 Å². The highest BCUT2D eigenvalue weighted by Crippen LogP contribution is 2.20. The fraction of sp³-hybridized carbons (Fsp3) is 0.316. The zero-order chi connectivity index (χ0) is 16.5. The molecule has 0 radical (unpaired) electrons. The molecular formula is C19H23NO3. The van der Waals surface area contributed by atoms with Crippen LogP contribution in [-0.4, -0.2) is 26.2 Å². The first kappa shape index (κ1) is 17.0. The number of nitrogens with one attached hydrogen (secondary N) is 1. The van der Waals surface area contributed by atoms with E-state index in [0.717, 1.165) is 11.3 Å². The minimum Gasteiger partial charge on any atom is -0.496 e. The second-order valence-electron chi connectivity index (χ2n) is 5.36. The molecule has 1 atom stereocenters. The topological polar surface area (TPSA) is 47.6 Å². The summed E-state index contributed by atoms with van der Waals surface area (Å²) in [4.78, 5) is 11.7. The van der Waals surface area contributed by atoms with Crippen LogP contribution in [0.15, 0.2) is 54.6 Å². The van der Waals surface area contributed by atoms with Crippen LogP contribution in [0.25, 0.3) is 0 Å². The smallest absolute Gasteiger partial charge is 0.307 e. The Hall–Kier alpha value is -2.33. The zero-order valence-electron chi connectivity index (χ0n) is 13.6. The molecule has 1 N–H and O–H groups in total. The molecule has 0 saturated heterocycles. The first-order chi connectivity index (χ1) is 11.2. The molecule has 4 nitrogen and oxygen atoms in total. The molecule has 4 heteroatoms. The average molecular weight is 313 g/mol. The Balaban J connectivity index is 2.05. The molecule has 23 heavy (non-hydrogen) atoms. The Labute approximate surface area is 137 Å². The van der Waals surface area contributed by atoms with Gasteiger partial charge in [0.15, 0.2) is 0 Å². The molecule has 2 rings (SSSR count). The molecule has 0 aromatic heterocycles. The summed E-state index contributed by atoms with van der Waals surface area (Å²) in [6.45, 7) is 0.706. The fourth-order valence-corrected chi connectivity index (χ4v) is 2.50. The summed E-state index contributed by atoms with van der Waals surface area (Å²) in [6.07, 6.45) is 1.02. The Morgan fingerprint density at radius 2 is 1.74 bits per heavy atom. The van der Waals surface area contributed by atoms with E-state index in [0.29, 0.717) is 19.4 Å². The van der Waals surface area contributed by atoms with E-state index in [4.69, 9.17) is 9.47 Å². The Morgan fingerprint density at radius 3 is 2.43 bits per heavy atom. The van der Waals surface area contributed by atoms with Crippen LogP contribution in [0.4, 0.5) is 0 Å². The third-order valence-corrected chi connectivity index (χ3v) is 3.74. The highest BCUT2D eigenvalue weighted by Gasteiger charge is 2.16. The lowest BCUT2D eigenvalue weighted by atomic mass is 10.0. The first-order valence-electron chi connectivity index (χ1n) is 7.69. The van der Waals surface area contributed by atoms with E-state index in [2.05, 4.69) is 17.4 Å². The van der Waals surface area contributed by atoms with Gasteiger partial charge in [-0.15, -0.1) is 0 Å². The standard InChI is InChI=1S/C19H23NO3/c1-22-18-11-7-6-10-16(18)12-17(13-19(21)23-2)20-14-15-8-4-3-5-9-15/h3-11,17,20H,12-14H2,1-2H3. The highest BCUT2D eigenvalue weighted by atomic mass is 16.5. The third kappa shape index (κ3) is 5.42. The largest absolute Gasteiger partial charge is 0.496 e. The van der Waals surface area contributed by atoms with Crippen LogP contribution in [0.5, 0.6) is 5.75 Å². The van der Waals surface area contributed by atoms with Crippen LogP contribution in [0.1, 0.15) is 17.5 Å². The molecule has 0 amide bonds. The molecule has 0 aliphatic carbocycles. The van der Waals surface area contributed by atoms with Gasteiger partial charge in [0.2, 0.25) is 0 Å². The summed E-state index contributed by atoms with van der Waals surface area (Å²) < 4.78 is 10.2. The van der Waals surface area contributed by atoms with Gasteiger partial charge in [-0.2, -0.15) is 0 Å². The minimum atomic E-state index is -0.217. The van der Waals surface area contributed by atoms with Crippen molar-refractivity contribution in [1.82, 2.24) is 5.32 Å². The summed E-state index contributed by atoms with van der Waals surface area (Å²) in [5.74, 6) is 0.620. The van der Waals surface area contributed by atoms with E-state index >= 15 is 0 Å². The molecule has 0 fully saturated rings. The summed E-state index contributed by atoms with van der Waals surface area (Å²) in [5, 5.41) is 3.44. The maximum atomic E-state index is 11.7. The van der Waals surface area contributed by atoms with E-state index in [1.54, 1.807) is 7.11 Å². The van der Waals surface area contributed by atoms with E-state index in [-0.39, 0.29) is 12.0 Å². The number of methoxy groups -OCH3 is 2. The van der Waals surface area contributed by atoms with Crippen molar-refractivity contribution in [2.45, 2.75) is 25.4 Å². The number of carbonyl (C=O) groups excluding carboxylic acids is 1. The number of ether oxygens (including phenoxy) is 2. The van der Waals surface area contributed by atoms with Gasteiger partial charge in [0, 0.05) is 12.6 Å². The number of benzene rings is 2. The van der Waals surface area contributed by atoms with Crippen molar-refractivity contribution in [2.24, 2.45) is 0 Å². The maximum absolute atomic E-state index is 11.7. The third-order valence-electron chi connectivity index (χ3n) is 3.74. The van der Waals surface area contributed by atoms with Crippen molar-refractivity contribution in [3.63, 3.8) is 0 Å². The second-order valence-corrected chi connectivity index (χ2v) is 5.36. The van der Waals surface area contributed by atoms with Crippen molar-refractivity contribution < 1.29 is 14.3 Å². The van der Waals surface area contributed by atoms with Crippen LogP contribution in [0, 0.1) is 0 Å². The summed E-state index contributed by atoms with van der Waals surface area (Å²) in [7, 11) is 3.07. The molecule has 2 aromatic carbocycles. The second kappa shape index (κ2) is 8.96. The van der Waals surface area contributed by atoms with Crippen LogP contribution in [0.3, 0.4) is 0 Å². The molecule has 0 saturated carbocycles. The Morgan fingerprint density at radius 1 is 1.04 bits per heavy atom. The van der Waals surface area contributed by atoms with Gasteiger partial charge in [0.1, 0.15) is 5.75 Å². The summed E-state index contributed by atoms with van der Waals surface area (Å²) in [5.41, 5.74) is 2.26. The van der Waals surface area contributed by atoms with Crippen molar-refractivity contribution >= 4 is 5.97 Å². The Bertz CT molecular complexity index is 613. The molecule has 0 bridgehead atoms. The molecule has 2 aromatic rings. The lowest BCUT2D eigenvalue weighted by Crippen LogP contribution is -2.33. The van der Waals surface area contributed by atoms with Crippen LogP contribution < -0.4 is 10.1 Å². The molecule has 1 unspecified atom stereocenters. The van der Waals surface area contributed by atoms with Gasteiger partial charge >= 0.3 is 5.97 Å². The number of para-hydroxylation sites is 1. The molecule has 0 spiro atoms. The van der Waals surface area contributed by atoms with E-state index in [1.807, 2.05) is 42.5 Å². The van der Waals surface area contributed by atoms with Gasteiger partial charge < -0.3 is 14.8 Å². The normalized spacial score (nSPS) is 11.7. The van der Waals surface area contributed by atoms with Gasteiger partial charge in [-0.1, -0.05) is 48.5 Å². The lowest BCUT2D eigenvalue weighted by molar-refractivity contribution is -0.141. The molecule has 0 aliphatic rings. The van der Waals surface area contributed by atoms with Gasteiger partial charge in [0.05, 0.1) is 20.6 Å². The first-order valence-corrected chi connectivity index (χ1v) is 7.69. The minimum absolute atomic E-state index is 0.0149. The predicted molar refractivity (Wildman–Crippen MR) is 90.4 cm³/mol. The maximum Gasteiger partial charge on any atom is 0.307 e. The van der Waals surface area contributed by atoms with Crippen LogP contribution in [0.2, 0.25) is 0 Å². The SMILES string of the molecule is COC(=O)CC(Cc1ccccc1OC)NCc1ccccc1. The fourth-order valence-electron chi connectivity index (χ4n) is 2.50. The number of rotatable bonds is 8. The quantitative estimate of drug-likeness (QED) is 0.761. The van der Waals surface area contributed by atoms with Crippen molar-refractivity contribution in [3.8, 4) is 5.75 Å². The lowest BCUT2D eigenvalue weighted by Gasteiger charge is -2.19. The predicted octanol–water partition coefficient (Wildman–Crippen LogP) is 2.96. The van der Waals surface area contributed by atoms with Gasteiger partial charge in [-0.05, 0) is 23.6 Å².